The Labute approximate surface area is 102 Å². The van der Waals surface area contributed by atoms with Crippen LogP contribution in [0.1, 0.15) is 10.9 Å². The fraction of sp³-hybridized carbons (Fsp3) is 0.333. The minimum atomic E-state index is -4.60. The largest absolute Gasteiger partial charge is 0.327 e. The van der Waals surface area contributed by atoms with Gasteiger partial charge in [-0.3, -0.25) is 0 Å². The summed E-state index contributed by atoms with van der Waals surface area (Å²) in [6.45, 7) is 0. The summed E-state index contributed by atoms with van der Waals surface area (Å²) in [6, 6.07) is 0.661. The Morgan fingerprint density at radius 1 is 1.06 bits per heavy atom. The maximum absolute atomic E-state index is 12.9. The van der Waals surface area contributed by atoms with Crippen molar-refractivity contribution >= 4 is 23.2 Å². The van der Waals surface area contributed by atoms with Crippen LogP contribution >= 0.6 is 23.2 Å². The SMILES string of the molecule is Fc1cc(Cl)c(C(Cl)C(F)(F)C(F)F)cc1F. The van der Waals surface area contributed by atoms with Crippen molar-refractivity contribution in [2.24, 2.45) is 0 Å². The van der Waals surface area contributed by atoms with Gasteiger partial charge in [-0.1, -0.05) is 11.6 Å². The molecular formula is C9H4Cl2F6. The molecule has 17 heavy (non-hydrogen) atoms. The number of rotatable bonds is 3. The van der Waals surface area contributed by atoms with E-state index in [-0.39, 0.29) is 6.07 Å². The zero-order valence-corrected chi connectivity index (χ0v) is 9.34. The van der Waals surface area contributed by atoms with E-state index in [1.165, 1.54) is 0 Å². The fourth-order valence-corrected chi connectivity index (χ4v) is 1.64. The van der Waals surface area contributed by atoms with Crippen LogP contribution in [0.4, 0.5) is 26.3 Å². The molecule has 0 amide bonds. The maximum Gasteiger partial charge on any atom is 0.327 e. The van der Waals surface area contributed by atoms with Crippen molar-refractivity contribution in [1.29, 1.82) is 0 Å². The van der Waals surface area contributed by atoms with Crippen LogP contribution in [-0.4, -0.2) is 12.3 Å². The molecule has 1 atom stereocenters. The highest BCUT2D eigenvalue weighted by atomic mass is 35.5. The first-order valence-corrected chi connectivity index (χ1v) is 4.93. The van der Waals surface area contributed by atoms with Crippen LogP contribution in [0.15, 0.2) is 12.1 Å². The Morgan fingerprint density at radius 2 is 1.53 bits per heavy atom. The molecule has 0 heterocycles. The molecule has 0 bridgehead atoms. The summed E-state index contributed by atoms with van der Waals surface area (Å²) in [4.78, 5) is 0. The highest BCUT2D eigenvalue weighted by Gasteiger charge is 2.49. The lowest BCUT2D eigenvalue weighted by atomic mass is 10.1. The predicted octanol–water partition coefficient (Wildman–Crippen LogP) is 4.80. The molecule has 8 heteroatoms. The number of hydrogen-bond acceptors (Lipinski definition) is 0. The zero-order chi connectivity index (χ0) is 13.4. The molecule has 0 spiro atoms. The minimum absolute atomic E-state index is 0.269. The van der Waals surface area contributed by atoms with E-state index in [4.69, 9.17) is 23.2 Å². The van der Waals surface area contributed by atoms with E-state index in [0.717, 1.165) is 0 Å². The molecule has 0 aromatic heterocycles. The Morgan fingerprint density at radius 3 is 2.00 bits per heavy atom. The van der Waals surface area contributed by atoms with E-state index in [1.54, 1.807) is 0 Å². The van der Waals surface area contributed by atoms with E-state index in [9.17, 15) is 26.3 Å². The van der Waals surface area contributed by atoms with Crippen LogP contribution in [0, 0.1) is 11.6 Å². The fourth-order valence-electron chi connectivity index (χ4n) is 1.05. The Bertz CT molecular complexity index is 420. The molecule has 0 saturated carbocycles. The van der Waals surface area contributed by atoms with Gasteiger partial charge in [-0.05, 0) is 17.7 Å². The van der Waals surface area contributed by atoms with E-state index >= 15 is 0 Å². The third-order valence-corrected chi connectivity index (χ3v) is 2.79. The summed E-state index contributed by atoms with van der Waals surface area (Å²) < 4.78 is 75.2. The van der Waals surface area contributed by atoms with Gasteiger partial charge in [-0.25, -0.2) is 17.6 Å². The number of hydrogen-bond donors (Lipinski definition) is 0. The normalized spacial score (nSPS) is 14.2. The summed E-state index contributed by atoms with van der Waals surface area (Å²) in [7, 11) is 0. The van der Waals surface area contributed by atoms with Crippen molar-refractivity contribution in [3.8, 4) is 0 Å². The number of alkyl halides is 5. The van der Waals surface area contributed by atoms with Gasteiger partial charge in [-0.15, -0.1) is 11.6 Å². The molecule has 1 aromatic rings. The third kappa shape index (κ3) is 2.80. The average molecular weight is 297 g/mol. The Balaban J connectivity index is 3.21. The van der Waals surface area contributed by atoms with E-state index in [1.807, 2.05) is 0 Å². The highest BCUT2D eigenvalue weighted by Crippen LogP contribution is 2.43. The topological polar surface area (TPSA) is 0 Å². The quantitative estimate of drug-likeness (QED) is 0.427. The number of halogens is 8. The van der Waals surface area contributed by atoms with Crippen molar-refractivity contribution in [3.05, 3.63) is 34.4 Å². The van der Waals surface area contributed by atoms with Crippen molar-refractivity contribution in [2.45, 2.75) is 17.7 Å². The molecule has 0 aliphatic heterocycles. The molecule has 0 radical (unpaired) electrons. The summed E-state index contributed by atoms with van der Waals surface area (Å²) >= 11 is 10.5. The minimum Gasteiger partial charge on any atom is -0.204 e. The van der Waals surface area contributed by atoms with Gasteiger partial charge in [0.05, 0.1) is 0 Å². The van der Waals surface area contributed by atoms with Crippen LogP contribution in [0.2, 0.25) is 5.02 Å². The first-order valence-electron chi connectivity index (χ1n) is 4.12. The van der Waals surface area contributed by atoms with Gasteiger partial charge in [0.25, 0.3) is 0 Å². The molecule has 1 rings (SSSR count). The molecule has 0 aliphatic rings. The molecule has 1 unspecified atom stereocenters. The molecule has 0 saturated heterocycles. The van der Waals surface area contributed by atoms with Gasteiger partial charge in [0.1, 0.15) is 5.38 Å². The third-order valence-electron chi connectivity index (χ3n) is 1.94. The van der Waals surface area contributed by atoms with Gasteiger partial charge in [-0.2, -0.15) is 8.78 Å². The first-order chi connectivity index (χ1) is 7.67. The van der Waals surface area contributed by atoms with Crippen molar-refractivity contribution in [2.75, 3.05) is 0 Å². The van der Waals surface area contributed by atoms with Gasteiger partial charge in [0, 0.05) is 5.02 Å². The van der Waals surface area contributed by atoms with Gasteiger partial charge in [0.15, 0.2) is 11.6 Å². The van der Waals surface area contributed by atoms with Crippen molar-refractivity contribution in [3.63, 3.8) is 0 Å². The van der Waals surface area contributed by atoms with E-state index < -0.39 is 39.9 Å². The van der Waals surface area contributed by atoms with Gasteiger partial charge in [0.2, 0.25) is 0 Å². The lowest BCUT2D eigenvalue weighted by Crippen LogP contribution is -2.31. The van der Waals surface area contributed by atoms with Crippen LogP contribution < -0.4 is 0 Å². The smallest absolute Gasteiger partial charge is 0.204 e. The molecule has 1 aromatic carbocycles. The first kappa shape index (κ1) is 14.4. The molecule has 0 nitrogen and oxygen atoms in total. The number of benzene rings is 1. The van der Waals surface area contributed by atoms with Crippen LogP contribution in [-0.2, 0) is 0 Å². The Hall–Kier alpha value is -0.620. The van der Waals surface area contributed by atoms with Crippen molar-refractivity contribution < 1.29 is 26.3 Å². The van der Waals surface area contributed by atoms with Crippen molar-refractivity contribution in [1.82, 2.24) is 0 Å². The second-order valence-corrected chi connectivity index (χ2v) is 3.97. The van der Waals surface area contributed by atoms with Crippen LogP contribution in [0.25, 0.3) is 0 Å². The highest BCUT2D eigenvalue weighted by molar-refractivity contribution is 6.32. The van der Waals surface area contributed by atoms with Crippen LogP contribution in [0.3, 0.4) is 0 Å². The van der Waals surface area contributed by atoms with Gasteiger partial charge >= 0.3 is 12.3 Å². The monoisotopic (exact) mass is 296 g/mol. The summed E-state index contributed by atoms with van der Waals surface area (Å²) in [5.41, 5.74) is -0.794. The summed E-state index contributed by atoms with van der Waals surface area (Å²) in [5.74, 6) is -7.49. The second-order valence-electron chi connectivity index (χ2n) is 3.13. The molecule has 0 fully saturated rings. The predicted molar refractivity (Wildman–Crippen MR) is 50.9 cm³/mol. The van der Waals surface area contributed by atoms with Gasteiger partial charge < -0.3 is 0 Å². The second kappa shape index (κ2) is 4.94. The molecule has 96 valence electrons. The standard InChI is InChI=1S/C9H4Cl2F6/c10-4-2-6(13)5(12)1-3(4)7(11)9(16,17)8(14)15/h1-2,7-8H. The Kier molecular flexibility index (Phi) is 4.19. The lowest BCUT2D eigenvalue weighted by Gasteiger charge is -2.22. The average Bonchev–Trinajstić information content (AvgIpc) is 2.22. The zero-order valence-electron chi connectivity index (χ0n) is 7.83. The maximum atomic E-state index is 12.9. The van der Waals surface area contributed by atoms with Crippen LogP contribution in [0.5, 0.6) is 0 Å². The lowest BCUT2D eigenvalue weighted by molar-refractivity contribution is -0.130. The summed E-state index contributed by atoms with van der Waals surface area (Å²) in [5, 5.41) is -3.20. The molecule has 0 N–H and O–H groups in total. The van der Waals surface area contributed by atoms with E-state index in [2.05, 4.69) is 0 Å². The van der Waals surface area contributed by atoms with E-state index in [0.29, 0.717) is 6.07 Å². The molecule has 0 aliphatic carbocycles. The summed E-state index contributed by atoms with van der Waals surface area (Å²) in [6.07, 6.45) is -4.05. The molecular weight excluding hydrogens is 293 g/mol.